The summed E-state index contributed by atoms with van der Waals surface area (Å²) in [6, 6.07) is 16.5. The third-order valence-electron chi connectivity index (χ3n) is 6.17. The number of hydrogen-bond acceptors (Lipinski definition) is 3. The Morgan fingerprint density at radius 3 is 1.34 bits per heavy atom. The van der Waals surface area contributed by atoms with E-state index >= 15 is 0 Å². The molecule has 3 nitrogen and oxygen atoms in total. The Morgan fingerprint density at radius 2 is 1.07 bits per heavy atom. The summed E-state index contributed by atoms with van der Waals surface area (Å²) in [5.41, 5.74) is 2.22. The van der Waals surface area contributed by atoms with Gasteiger partial charge in [-0.15, -0.1) is 23.2 Å². The quantitative estimate of drug-likeness (QED) is 0.448. The molecule has 2 aliphatic carbocycles. The third-order valence-corrected chi connectivity index (χ3v) is 7.31. The first-order valence-electron chi connectivity index (χ1n) is 10.4. The van der Waals surface area contributed by atoms with E-state index in [1.165, 1.54) is 11.1 Å². The van der Waals surface area contributed by atoms with Gasteiger partial charge < -0.3 is 14.2 Å². The van der Waals surface area contributed by atoms with Crippen molar-refractivity contribution in [1.29, 1.82) is 0 Å². The molecule has 0 spiro atoms. The minimum absolute atomic E-state index is 0.105. The van der Waals surface area contributed by atoms with Gasteiger partial charge in [0.05, 0.1) is 26.4 Å². The molecule has 2 aromatic rings. The summed E-state index contributed by atoms with van der Waals surface area (Å²) in [6.45, 7) is 6.52. The van der Waals surface area contributed by atoms with Gasteiger partial charge in [0.1, 0.15) is 11.5 Å². The normalized spacial score (nSPS) is 30.1. The van der Waals surface area contributed by atoms with Crippen LogP contribution < -0.4 is 9.47 Å². The number of benzene rings is 2. The monoisotopic (exact) mass is 434 g/mol. The Balaban J connectivity index is 1.40. The SMILES string of the molecule is CCOc1ccc(C2(COCC3(c4ccc(OCC)cc4)CC3Cl)CC2Cl)cc1. The minimum Gasteiger partial charge on any atom is -0.494 e. The number of alkyl halides is 2. The van der Waals surface area contributed by atoms with Gasteiger partial charge in [-0.2, -0.15) is 0 Å². The van der Waals surface area contributed by atoms with Crippen molar-refractivity contribution in [2.75, 3.05) is 26.4 Å². The molecule has 2 aliphatic rings. The predicted molar refractivity (Wildman–Crippen MR) is 118 cm³/mol. The summed E-state index contributed by atoms with van der Waals surface area (Å²) in [5.74, 6) is 1.77. The van der Waals surface area contributed by atoms with Gasteiger partial charge in [0, 0.05) is 21.6 Å². The van der Waals surface area contributed by atoms with Crippen molar-refractivity contribution in [3.05, 3.63) is 59.7 Å². The molecule has 2 aromatic carbocycles. The average Bonchev–Trinajstić information content (AvgIpc) is 3.59. The molecule has 2 saturated carbocycles. The molecule has 29 heavy (non-hydrogen) atoms. The second-order valence-electron chi connectivity index (χ2n) is 8.06. The van der Waals surface area contributed by atoms with Crippen LogP contribution in [0.1, 0.15) is 37.8 Å². The molecular weight excluding hydrogens is 407 g/mol. The van der Waals surface area contributed by atoms with E-state index in [0.29, 0.717) is 26.4 Å². The summed E-state index contributed by atoms with van der Waals surface area (Å²) in [4.78, 5) is 0. The molecule has 0 heterocycles. The summed E-state index contributed by atoms with van der Waals surface area (Å²) >= 11 is 13.1. The number of rotatable bonds is 10. The van der Waals surface area contributed by atoms with Crippen LogP contribution in [-0.2, 0) is 15.6 Å². The largest absolute Gasteiger partial charge is 0.494 e. The first kappa shape index (κ1) is 20.8. The average molecular weight is 435 g/mol. The summed E-state index contributed by atoms with van der Waals surface area (Å²) in [7, 11) is 0. The zero-order valence-electron chi connectivity index (χ0n) is 17.0. The molecule has 2 fully saturated rings. The minimum atomic E-state index is -0.108. The fourth-order valence-electron chi connectivity index (χ4n) is 4.10. The lowest BCUT2D eigenvalue weighted by molar-refractivity contribution is 0.0950. The molecule has 0 bridgehead atoms. The molecule has 0 N–H and O–H groups in total. The van der Waals surface area contributed by atoms with Crippen molar-refractivity contribution in [1.82, 2.24) is 0 Å². The topological polar surface area (TPSA) is 27.7 Å². The standard InChI is InChI=1S/C24H28Cl2O3/c1-3-28-19-9-5-17(6-10-19)23(13-21(23)25)15-27-16-24(14-22(24)26)18-7-11-20(12-8-18)29-4-2/h5-12,21-22H,3-4,13-16H2,1-2H3. The van der Waals surface area contributed by atoms with E-state index < -0.39 is 0 Å². The van der Waals surface area contributed by atoms with Crippen molar-refractivity contribution in [2.24, 2.45) is 0 Å². The van der Waals surface area contributed by atoms with Crippen LogP contribution in [0.3, 0.4) is 0 Å². The lowest BCUT2D eigenvalue weighted by Crippen LogP contribution is -2.25. The Bertz CT molecular complexity index is 754. The molecule has 5 heteroatoms. The van der Waals surface area contributed by atoms with Gasteiger partial charge in [-0.05, 0) is 62.1 Å². The maximum Gasteiger partial charge on any atom is 0.119 e. The van der Waals surface area contributed by atoms with Gasteiger partial charge >= 0.3 is 0 Å². The maximum absolute atomic E-state index is 6.55. The Morgan fingerprint density at radius 1 is 0.724 bits per heavy atom. The summed E-state index contributed by atoms with van der Waals surface area (Å²) in [5, 5.41) is 0.209. The number of ether oxygens (including phenoxy) is 3. The zero-order valence-corrected chi connectivity index (χ0v) is 18.5. The van der Waals surface area contributed by atoms with Gasteiger partial charge in [-0.3, -0.25) is 0 Å². The summed E-state index contributed by atoms with van der Waals surface area (Å²) in [6.07, 6.45) is 1.87. The van der Waals surface area contributed by atoms with Gasteiger partial charge in [0.15, 0.2) is 0 Å². The lowest BCUT2D eigenvalue weighted by atomic mass is 9.95. The molecular formula is C24H28Cl2O3. The first-order valence-corrected chi connectivity index (χ1v) is 11.2. The first-order chi connectivity index (χ1) is 14.0. The van der Waals surface area contributed by atoms with Crippen molar-refractivity contribution in [3.63, 3.8) is 0 Å². The van der Waals surface area contributed by atoms with E-state index in [-0.39, 0.29) is 21.6 Å². The van der Waals surface area contributed by atoms with Crippen LogP contribution in [0, 0.1) is 0 Å². The Kier molecular flexibility index (Phi) is 6.02. The highest BCUT2D eigenvalue weighted by Gasteiger charge is 2.57. The van der Waals surface area contributed by atoms with Crippen LogP contribution in [0.15, 0.2) is 48.5 Å². The second-order valence-corrected chi connectivity index (χ2v) is 9.12. The Labute approximate surface area is 183 Å². The smallest absolute Gasteiger partial charge is 0.119 e. The predicted octanol–water partition coefficient (Wildman–Crippen LogP) is 5.70. The van der Waals surface area contributed by atoms with E-state index in [2.05, 4.69) is 24.3 Å². The molecule has 4 rings (SSSR count). The van der Waals surface area contributed by atoms with Crippen LogP contribution in [-0.4, -0.2) is 37.2 Å². The van der Waals surface area contributed by atoms with Gasteiger partial charge in [-0.25, -0.2) is 0 Å². The van der Waals surface area contributed by atoms with Crippen LogP contribution in [0.25, 0.3) is 0 Å². The molecule has 0 radical (unpaired) electrons. The van der Waals surface area contributed by atoms with Gasteiger partial charge in [-0.1, -0.05) is 24.3 Å². The zero-order chi connectivity index (χ0) is 20.5. The van der Waals surface area contributed by atoms with Crippen molar-refractivity contribution in [3.8, 4) is 11.5 Å². The fourth-order valence-corrected chi connectivity index (χ4v) is 5.03. The van der Waals surface area contributed by atoms with Crippen molar-refractivity contribution < 1.29 is 14.2 Å². The highest BCUT2D eigenvalue weighted by molar-refractivity contribution is 6.24. The van der Waals surface area contributed by atoms with Crippen LogP contribution in [0.5, 0.6) is 11.5 Å². The van der Waals surface area contributed by atoms with E-state index in [1.807, 2.05) is 38.1 Å². The second kappa shape index (κ2) is 8.37. The third kappa shape index (κ3) is 4.10. The van der Waals surface area contributed by atoms with Gasteiger partial charge in [0.2, 0.25) is 0 Å². The molecule has 156 valence electrons. The van der Waals surface area contributed by atoms with Gasteiger partial charge in [0.25, 0.3) is 0 Å². The van der Waals surface area contributed by atoms with Crippen molar-refractivity contribution in [2.45, 2.75) is 48.3 Å². The fraction of sp³-hybridized carbons (Fsp3) is 0.500. The molecule has 4 unspecified atom stereocenters. The van der Waals surface area contributed by atoms with Crippen LogP contribution in [0.2, 0.25) is 0 Å². The van der Waals surface area contributed by atoms with Crippen molar-refractivity contribution >= 4 is 23.2 Å². The van der Waals surface area contributed by atoms with Crippen LogP contribution >= 0.6 is 23.2 Å². The van der Waals surface area contributed by atoms with Crippen LogP contribution in [0.4, 0.5) is 0 Å². The maximum atomic E-state index is 6.55. The highest BCUT2D eigenvalue weighted by atomic mass is 35.5. The molecule has 0 saturated heterocycles. The molecule has 4 atom stereocenters. The number of hydrogen-bond donors (Lipinski definition) is 0. The van der Waals surface area contributed by atoms with E-state index in [9.17, 15) is 0 Å². The van der Waals surface area contributed by atoms with E-state index in [1.54, 1.807) is 0 Å². The Hall–Kier alpha value is -1.42. The lowest BCUT2D eigenvalue weighted by Gasteiger charge is -2.21. The molecule has 0 aliphatic heterocycles. The highest BCUT2D eigenvalue weighted by Crippen LogP contribution is 2.55. The molecule has 0 aromatic heterocycles. The summed E-state index contributed by atoms with van der Waals surface area (Å²) < 4.78 is 17.4. The number of halogens is 2. The van der Waals surface area contributed by atoms with E-state index in [4.69, 9.17) is 37.4 Å². The van der Waals surface area contributed by atoms with E-state index in [0.717, 1.165) is 24.3 Å². The molecule has 0 amide bonds.